The second-order valence-electron chi connectivity index (χ2n) is 9.04. The number of nitrogens with one attached hydrogen (secondary N) is 2. The molecule has 8 nitrogen and oxygen atoms in total. The van der Waals surface area contributed by atoms with E-state index in [0.717, 1.165) is 22.1 Å². The molecule has 0 unspecified atom stereocenters. The number of nitrogens with zero attached hydrogens (tertiary/aromatic N) is 2. The van der Waals surface area contributed by atoms with Gasteiger partial charge in [-0.25, -0.2) is 4.68 Å². The number of furan rings is 1. The summed E-state index contributed by atoms with van der Waals surface area (Å²) in [5.74, 6) is -0.658. The summed E-state index contributed by atoms with van der Waals surface area (Å²) in [6.45, 7) is 9.91. The van der Waals surface area contributed by atoms with Crippen molar-refractivity contribution in [1.82, 2.24) is 20.6 Å². The number of hydrogen-bond acceptors (Lipinski definition) is 5. The third-order valence-corrected chi connectivity index (χ3v) is 5.86. The molecule has 0 aliphatic rings. The summed E-state index contributed by atoms with van der Waals surface area (Å²) in [6.07, 6.45) is 1.61. The lowest BCUT2D eigenvalue weighted by molar-refractivity contribution is -0.121. The Balaban J connectivity index is 1.54. The Labute approximate surface area is 196 Å². The summed E-state index contributed by atoms with van der Waals surface area (Å²) in [4.78, 5) is 38.2. The number of hydrogen-bond donors (Lipinski definition) is 2. The van der Waals surface area contributed by atoms with Gasteiger partial charge in [0.2, 0.25) is 5.91 Å². The zero-order valence-electron chi connectivity index (χ0n) is 19.9. The number of benzene rings is 2. The molecule has 4 aromatic rings. The zero-order valence-corrected chi connectivity index (χ0v) is 19.9. The molecule has 0 radical (unpaired) electrons. The topological polar surface area (TPSA) is 106 Å². The SMILES string of the molecule is Cc1cc2occ(CC(=O)NNC(=O)c3nn(C(C)C)c(=O)c4ccccc34)c2cc1C(C)C. The van der Waals surface area contributed by atoms with E-state index in [2.05, 4.69) is 35.9 Å². The molecule has 4 rings (SSSR count). The highest BCUT2D eigenvalue weighted by Gasteiger charge is 2.19. The number of carbonyl (C=O) groups excluding carboxylic acids is 2. The van der Waals surface area contributed by atoms with Crippen molar-refractivity contribution in [3.8, 4) is 0 Å². The Kier molecular flexibility index (Phi) is 6.24. The van der Waals surface area contributed by atoms with Crippen molar-refractivity contribution >= 4 is 33.6 Å². The number of carbonyl (C=O) groups is 2. The quantitative estimate of drug-likeness (QED) is 0.435. The molecule has 0 spiro atoms. The highest BCUT2D eigenvalue weighted by atomic mass is 16.3. The van der Waals surface area contributed by atoms with E-state index in [0.29, 0.717) is 16.7 Å². The first-order valence-corrected chi connectivity index (χ1v) is 11.3. The van der Waals surface area contributed by atoms with E-state index in [-0.39, 0.29) is 23.7 Å². The fourth-order valence-electron chi connectivity index (χ4n) is 4.13. The second-order valence-corrected chi connectivity index (χ2v) is 9.04. The van der Waals surface area contributed by atoms with Crippen molar-refractivity contribution in [2.24, 2.45) is 0 Å². The van der Waals surface area contributed by atoms with Crippen LogP contribution in [0.15, 0.2) is 51.9 Å². The minimum absolute atomic E-state index is 0.0353. The number of hydrazine groups is 1. The molecule has 0 saturated carbocycles. The first kappa shape index (κ1) is 23.2. The lowest BCUT2D eigenvalue weighted by Gasteiger charge is -2.13. The van der Waals surface area contributed by atoms with Crippen LogP contribution < -0.4 is 16.4 Å². The molecule has 0 aliphatic carbocycles. The van der Waals surface area contributed by atoms with E-state index in [1.807, 2.05) is 26.8 Å². The predicted molar refractivity (Wildman–Crippen MR) is 131 cm³/mol. The van der Waals surface area contributed by atoms with Crippen LogP contribution in [-0.2, 0) is 11.2 Å². The van der Waals surface area contributed by atoms with Crippen LogP contribution in [0.25, 0.3) is 21.7 Å². The number of aryl methyl sites for hydroxylation is 1. The van der Waals surface area contributed by atoms with Crippen molar-refractivity contribution in [2.45, 2.75) is 53.0 Å². The van der Waals surface area contributed by atoms with Gasteiger partial charge in [-0.3, -0.25) is 25.2 Å². The minimum Gasteiger partial charge on any atom is -0.464 e. The molecule has 2 aromatic heterocycles. The van der Waals surface area contributed by atoms with E-state index in [1.54, 1.807) is 30.5 Å². The molecule has 0 fully saturated rings. The molecule has 34 heavy (non-hydrogen) atoms. The van der Waals surface area contributed by atoms with E-state index >= 15 is 0 Å². The summed E-state index contributed by atoms with van der Waals surface area (Å²) < 4.78 is 6.91. The standard InChI is InChI=1S/C26H28N4O4/c1-14(2)20-12-21-17(13-34-22(21)10-16(20)5)11-23(31)27-28-25(32)24-18-8-6-7-9-19(18)26(33)30(29-24)15(3)4/h6-10,12-15H,11H2,1-5H3,(H,27,31)(H,28,32). The van der Waals surface area contributed by atoms with Crippen LogP contribution in [0.1, 0.15) is 66.8 Å². The number of aromatic nitrogens is 2. The van der Waals surface area contributed by atoms with Crippen LogP contribution in [-0.4, -0.2) is 21.6 Å². The molecule has 0 bridgehead atoms. The van der Waals surface area contributed by atoms with Gasteiger partial charge < -0.3 is 4.42 Å². The fraction of sp³-hybridized carbons (Fsp3) is 0.308. The third-order valence-electron chi connectivity index (χ3n) is 5.86. The third kappa shape index (κ3) is 4.31. The van der Waals surface area contributed by atoms with Crippen LogP contribution in [0.2, 0.25) is 0 Å². The van der Waals surface area contributed by atoms with Crippen molar-refractivity contribution < 1.29 is 14.0 Å². The highest BCUT2D eigenvalue weighted by molar-refractivity contribution is 6.05. The largest absolute Gasteiger partial charge is 0.464 e. The second kappa shape index (κ2) is 9.13. The van der Waals surface area contributed by atoms with Gasteiger partial charge in [-0.2, -0.15) is 5.10 Å². The molecule has 0 aliphatic heterocycles. The van der Waals surface area contributed by atoms with Gasteiger partial charge in [-0.15, -0.1) is 0 Å². The van der Waals surface area contributed by atoms with Gasteiger partial charge in [0.05, 0.1) is 24.1 Å². The molecular formula is C26H28N4O4. The lowest BCUT2D eigenvalue weighted by atomic mass is 9.95. The first-order valence-electron chi connectivity index (χ1n) is 11.3. The summed E-state index contributed by atoms with van der Waals surface area (Å²) in [7, 11) is 0. The maximum atomic E-state index is 12.9. The average Bonchev–Trinajstić information content (AvgIpc) is 3.18. The number of fused-ring (bicyclic) bond motifs is 2. The van der Waals surface area contributed by atoms with Crippen molar-refractivity contribution in [2.75, 3.05) is 0 Å². The molecule has 176 valence electrons. The maximum Gasteiger partial charge on any atom is 0.290 e. The Bertz CT molecular complexity index is 1460. The van der Waals surface area contributed by atoms with Gasteiger partial charge in [0.25, 0.3) is 11.5 Å². The van der Waals surface area contributed by atoms with E-state index in [9.17, 15) is 14.4 Å². The van der Waals surface area contributed by atoms with Crippen molar-refractivity contribution in [3.05, 3.63) is 75.4 Å². The van der Waals surface area contributed by atoms with Crippen molar-refractivity contribution in [1.29, 1.82) is 0 Å². The van der Waals surface area contributed by atoms with Crippen LogP contribution in [0.3, 0.4) is 0 Å². The highest BCUT2D eigenvalue weighted by Crippen LogP contribution is 2.29. The molecule has 8 heteroatoms. The Morgan fingerprint density at radius 2 is 1.74 bits per heavy atom. The molecule has 2 aromatic carbocycles. The average molecular weight is 461 g/mol. The Morgan fingerprint density at radius 1 is 1.03 bits per heavy atom. The Hall–Kier alpha value is -3.94. The van der Waals surface area contributed by atoms with E-state index in [4.69, 9.17) is 4.42 Å². The van der Waals surface area contributed by atoms with Gasteiger partial charge in [0.15, 0.2) is 5.69 Å². The summed E-state index contributed by atoms with van der Waals surface area (Å²) >= 11 is 0. The van der Waals surface area contributed by atoms with Crippen LogP contribution in [0.5, 0.6) is 0 Å². The van der Waals surface area contributed by atoms with Gasteiger partial charge >= 0.3 is 0 Å². The number of rotatable bonds is 5. The molecule has 2 N–H and O–H groups in total. The Morgan fingerprint density at radius 3 is 2.41 bits per heavy atom. The molecule has 2 heterocycles. The number of amides is 2. The summed E-state index contributed by atoms with van der Waals surface area (Å²) in [6, 6.07) is 10.6. The fourth-order valence-corrected chi connectivity index (χ4v) is 4.13. The monoisotopic (exact) mass is 460 g/mol. The predicted octanol–water partition coefficient (Wildman–Crippen LogP) is 4.16. The normalized spacial score (nSPS) is 11.5. The smallest absolute Gasteiger partial charge is 0.290 e. The van der Waals surface area contributed by atoms with Gasteiger partial charge in [0.1, 0.15) is 5.58 Å². The molecular weight excluding hydrogens is 432 g/mol. The van der Waals surface area contributed by atoms with Gasteiger partial charge in [0, 0.05) is 16.3 Å². The summed E-state index contributed by atoms with van der Waals surface area (Å²) in [5, 5.41) is 5.95. The summed E-state index contributed by atoms with van der Waals surface area (Å²) in [5.41, 5.74) is 8.47. The van der Waals surface area contributed by atoms with Crippen LogP contribution in [0.4, 0.5) is 0 Å². The maximum absolute atomic E-state index is 12.9. The van der Waals surface area contributed by atoms with E-state index < -0.39 is 11.8 Å². The molecule has 2 amide bonds. The van der Waals surface area contributed by atoms with Gasteiger partial charge in [-0.1, -0.05) is 32.0 Å². The van der Waals surface area contributed by atoms with Crippen LogP contribution in [0, 0.1) is 6.92 Å². The molecule has 0 saturated heterocycles. The molecule has 0 atom stereocenters. The minimum atomic E-state index is -0.603. The van der Waals surface area contributed by atoms with E-state index in [1.165, 1.54) is 10.2 Å². The van der Waals surface area contributed by atoms with Gasteiger partial charge in [-0.05, 0) is 56.0 Å². The zero-order chi connectivity index (χ0) is 24.6. The van der Waals surface area contributed by atoms with Crippen LogP contribution >= 0.6 is 0 Å². The first-order chi connectivity index (χ1) is 16.2. The van der Waals surface area contributed by atoms with Crippen molar-refractivity contribution in [3.63, 3.8) is 0 Å². The lowest BCUT2D eigenvalue weighted by Crippen LogP contribution is -2.43.